The van der Waals surface area contributed by atoms with Gasteiger partial charge in [-0.3, -0.25) is 4.72 Å². The van der Waals surface area contributed by atoms with Gasteiger partial charge < -0.3 is 18.9 Å². The molecule has 2 aliphatic heterocycles. The van der Waals surface area contributed by atoms with Gasteiger partial charge in [0.05, 0.1) is 10.6 Å². The lowest BCUT2D eigenvalue weighted by Crippen LogP contribution is -2.18. The van der Waals surface area contributed by atoms with Crippen LogP contribution in [0.2, 0.25) is 0 Å². The fourth-order valence-electron chi connectivity index (χ4n) is 2.51. The fourth-order valence-corrected chi connectivity index (χ4v) is 3.58. The average molecular weight is 349 g/mol. The Balaban J connectivity index is 1.61. The van der Waals surface area contributed by atoms with Crippen LogP contribution in [0.25, 0.3) is 0 Å². The quantitative estimate of drug-likeness (QED) is 0.913. The highest BCUT2D eigenvalue weighted by atomic mass is 32.2. The van der Waals surface area contributed by atoms with Crippen LogP contribution in [-0.4, -0.2) is 34.8 Å². The molecule has 0 radical (unpaired) electrons. The standard InChI is InChI=1S/C16H15NO6S/c18-24(19,12-2-4-14-16(10-12)23-8-6-21-14)17-11-1-3-13-15(9-11)22-7-5-20-13/h1-4,9-10,17H,5-8H2. The smallest absolute Gasteiger partial charge is 0.262 e. The van der Waals surface area contributed by atoms with E-state index in [-0.39, 0.29) is 4.90 Å². The minimum Gasteiger partial charge on any atom is -0.486 e. The van der Waals surface area contributed by atoms with Crippen LogP contribution in [0.1, 0.15) is 0 Å². The van der Waals surface area contributed by atoms with E-state index >= 15 is 0 Å². The van der Waals surface area contributed by atoms with Crippen molar-refractivity contribution in [1.82, 2.24) is 0 Å². The highest BCUT2D eigenvalue weighted by Crippen LogP contribution is 2.35. The van der Waals surface area contributed by atoms with Gasteiger partial charge in [-0.1, -0.05) is 0 Å². The zero-order valence-corrected chi connectivity index (χ0v) is 13.5. The Morgan fingerprint density at radius 3 is 1.92 bits per heavy atom. The summed E-state index contributed by atoms with van der Waals surface area (Å²) in [7, 11) is -3.76. The third-order valence-corrected chi connectivity index (χ3v) is 5.00. The highest BCUT2D eigenvalue weighted by molar-refractivity contribution is 7.92. The van der Waals surface area contributed by atoms with E-state index in [1.165, 1.54) is 12.1 Å². The normalized spacial score (nSPS) is 15.7. The number of benzene rings is 2. The fraction of sp³-hybridized carbons (Fsp3) is 0.250. The topological polar surface area (TPSA) is 83.1 Å². The summed E-state index contributed by atoms with van der Waals surface area (Å²) in [6.07, 6.45) is 0. The monoisotopic (exact) mass is 349 g/mol. The second kappa shape index (κ2) is 5.79. The van der Waals surface area contributed by atoms with Crippen molar-refractivity contribution in [2.24, 2.45) is 0 Å². The molecule has 0 amide bonds. The lowest BCUT2D eigenvalue weighted by molar-refractivity contribution is 0.171. The molecule has 1 N–H and O–H groups in total. The minimum absolute atomic E-state index is 0.0987. The minimum atomic E-state index is -3.76. The summed E-state index contributed by atoms with van der Waals surface area (Å²) in [4.78, 5) is 0.0987. The maximum absolute atomic E-state index is 12.6. The van der Waals surface area contributed by atoms with Crippen LogP contribution in [0.4, 0.5) is 5.69 Å². The summed E-state index contributed by atoms with van der Waals surface area (Å²) in [6.45, 7) is 1.77. The van der Waals surface area contributed by atoms with Gasteiger partial charge in [-0.15, -0.1) is 0 Å². The van der Waals surface area contributed by atoms with Crippen molar-refractivity contribution in [2.75, 3.05) is 31.1 Å². The van der Waals surface area contributed by atoms with Crippen LogP contribution >= 0.6 is 0 Å². The van der Waals surface area contributed by atoms with Crippen LogP contribution in [0, 0.1) is 0 Å². The maximum atomic E-state index is 12.6. The van der Waals surface area contributed by atoms with Crippen LogP contribution in [0.5, 0.6) is 23.0 Å². The first kappa shape index (κ1) is 14.9. The first-order valence-corrected chi connectivity index (χ1v) is 8.92. The van der Waals surface area contributed by atoms with Crippen LogP contribution < -0.4 is 23.7 Å². The molecule has 2 heterocycles. The number of hydrogen-bond donors (Lipinski definition) is 1. The third kappa shape index (κ3) is 2.80. The molecule has 0 aromatic heterocycles. The molecular weight excluding hydrogens is 334 g/mol. The molecule has 0 spiro atoms. The largest absolute Gasteiger partial charge is 0.486 e. The van der Waals surface area contributed by atoms with E-state index < -0.39 is 10.0 Å². The van der Waals surface area contributed by atoms with E-state index in [2.05, 4.69) is 4.72 Å². The second-order valence-electron chi connectivity index (χ2n) is 5.27. The molecule has 0 aliphatic carbocycles. The Morgan fingerprint density at radius 1 is 0.708 bits per heavy atom. The summed E-state index contributed by atoms with van der Waals surface area (Å²) in [5.74, 6) is 2.08. The van der Waals surface area contributed by atoms with Gasteiger partial charge in [0.25, 0.3) is 10.0 Å². The lowest BCUT2D eigenvalue weighted by Gasteiger charge is -2.20. The predicted octanol–water partition coefficient (Wildman–Crippen LogP) is 2.03. The summed E-state index contributed by atoms with van der Waals surface area (Å²) in [5.41, 5.74) is 0.397. The highest BCUT2D eigenvalue weighted by Gasteiger charge is 2.20. The van der Waals surface area contributed by atoms with Crippen molar-refractivity contribution >= 4 is 15.7 Å². The SMILES string of the molecule is O=S(=O)(Nc1ccc2c(c1)OCCO2)c1ccc2c(c1)OCCO2. The molecule has 2 aromatic rings. The Kier molecular flexibility index (Phi) is 3.61. The predicted molar refractivity (Wildman–Crippen MR) is 85.7 cm³/mol. The molecular formula is C16H15NO6S. The van der Waals surface area contributed by atoms with E-state index in [0.29, 0.717) is 55.1 Å². The van der Waals surface area contributed by atoms with Gasteiger partial charge in [0.15, 0.2) is 23.0 Å². The van der Waals surface area contributed by atoms with Gasteiger partial charge in [0, 0.05) is 12.1 Å². The Labute approximate surface area is 139 Å². The van der Waals surface area contributed by atoms with Crippen molar-refractivity contribution < 1.29 is 27.4 Å². The van der Waals surface area contributed by atoms with Gasteiger partial charge in [-0.25, -0.2) is 8.42 Å². The molecule has 0 unspecified atom stereocenters. The molecule has 0 bridgehead atoms. The molecule has 8 heteroatoms. The van der Waals surface area contributed by atoms with Crippen molar-refractivity contribution in [3.05, 3.63) is 36.4 Å². The number of sulfonamides is 1. The molecule has 24 heavy (non-hydrogen) atoms. The molecule has 126 valence electrons. The zero-order valence-electron chi connectivity index (χ0n) is 12.7. The molecule has 0 saturated carbocycles. The molecule has 4 rings (SSSR count). The summed E-state index contributed by atoms with van der Waals surface area (Å²) in [5, 5.41) is 0. The molecule has 0 atom stereocenters. The van der Waals surface area contributed by atoms with Crippen LogP contribution in [0.15, 0.2) is 41.3 Å². The number of hydrogen-bond acceptors (Lipinski definition) is 6. The first-order chi connectivity index (χ1) is 11.6. The number of rotatable bonds is 3. The van der Waals surface area contributed by atoms with Crippen molar-refractivity contribution in [3.63, 3.8) is 0 Å². The molecule has 0 saturated heterocycles. The van der Waals surface area contributed by atoms with Crippen molar-refractivity contribution in [2.45, 2.75) is 4.90 Å². The van der Waals surface area contributed by atoms with Gasteiger partial charge in [0.1, 0.15) is 26.4 Å². The number of ether oxygens (including phenoxy) is 4. The number of fused-ring (bicyclic) bond motifs is 2. The number of anilines is 1. The van der Waals surface area contributed by atoms with Gasteiger partial charge in [-0.05, 0) is 24.3 Å². The molecule has 2 aliphatic rings. The van der Waals surface area contributed by atoms with Crippen molar-refractivity contribution in [1.29, 1.82) is 0 Å². The first-order valence-electron chi connectivity index (χ1n) is 7.44. The van der Waals surface area contributed by atoms with E-state index in [1.807, 2.05) is 0 Å². The Bertz CT molecular complexity index is 880. The van der Waals surface area contributed by atoms with Gasteiger partial charge >= 0.3 is 0 Å². The van der Waals surface area contributed by atoms with E-state index in [4.69, 9.17) is 18.9 Å². The van der Waals surface area contributed by atoms with E-state index in [9.17, 15) is 8.42 Å². The summed E-state index contributed by atoms with van der Waals surface area (Å²) < 4.78 is 49.4. The maximum Gasteiger partial charge on any atom is 0.262 e. The molecule has 7 nitrogen and oxygen atoms in total. The van der Waals surface area contributed by atoms with Crippen molar-refractivity contribution in [3.8, 4) is 23.0 Å². The second-order valence-corrected chi connectivity index (χ2v) is 6.95. The summed E-state index contributed by atoms with van der Waals surface area (Å²) in [6, 6.07) is 9.43. The molecule has 0 fully saturated rings. The lowest BCUT2D eigenvalue weighted by atomic mass is 10.3. The average Bonchev–Trinajstić information content (AvgIpc) is 2.61. The van der Waals surface area contributed by atoms with Crippen LogP contribution in [-0.2, 0) is 10.0 Å². The third-order valence-electron chi connectivity index (χ3n) is 3.62. The molecule has 2 aromatic carbocycles. The Morgan fingerprint density at radius 2 is 1.25 bits per heavy atom. The van der Waals surface area contributed by atoms with Gasteiger partial charge in [-0.2, -0.15) is 0 Å². The van der Waals surface area contributed by atoms with Gasteiger partial charge in [0.2, 0.25) is 0 Å². The van der Waals surface area contributed by atoms with Crippen LogP contribution in [0.3, 0.4) is 0 Å². The zero-order chi connectivity index (χ0) is 16.6. The summed E-state index contributed by atoms with van der Waals surface area (Å²) >= 11 is 0. The number of nitrogens with one attached hydrogen (secondary N) is 1. The Hall–Kier alpha value is -2.61. The van der Waals surface area contributed by atoms with E-state index in [1.54, 1.807) is 24.3 Å². The van der Waals surface area contributed by atoms with E-state index in [0.717, 1.165) is 0 Å².